The maximum absolute atomic E-state index is 10.4. The zero-order valence-corrected chi connectivity index (χ0v) is 9.56. The molecular weight excluding hydrogens is 202 g/mol. The van der Waals surface area contributed by atoms with E-state index in [1.54, 1.807) is 12.1 Å². The van der Waals surface area contributed by atoms with Gasteiger partial charge in [0.15, 0.2) is 0 Å². The van der Waals surface area contributed by atoms with Crippen molar-refractivity contribution in [3.8, 4) is 0 Å². The van der Waals surface area contributed by atoms with E-state index in [0.717, 1.165) is 12.0 Å². The van der Waals surface area contributed by atoms with E-state index in [9.17, 15) is 10.1 Å². The molecule has 0 saturated carbocycles. The Kier molecular flexibility index (Phi) is 5.26. The molecule has 1 aromatic carbocycles. The first-order valence-corrected chi connectivity index (χ1v) is 5.65. The molecule has 0 aliphatic heterocycles. The highest BCUT2D eigenvalue weighted by Crippen LogP contribution is 2.13. The van der Waals surface area contributed by atoms with Gasteiger partial charge >= 0.3 is 0 Å². The molecule has 0 radical (unpaired) electrons. The van der Waals surface area contributed by atoms with Crippen LogP contribution in [0.5, 0.6) is 0 Å². The number of hydrogen-bond acceptors (Lipinski definition) is 2. The Hall–Kier alpha value is -1.64. The summed E-state index contributed by atoms with van der Waals surface area (Å²) in [5.74, 6) is 0. The topological polar surface area (TPSA) is 43.1 Å². The second-order valence-corrected chi connectivity index (χ2v) is 3.75. The first kappa shape index (κ1) is 12.4. The lowest BCUT2D eigenvalue weighted by Crippen LogP contribution is -1.86. The predicted octanol–water partition coefficient (Wildman–Crippen LogP) is 4.19. The Labute approximate surface area is 95.9 Å². The van der Waals surface area contributed by atoms with Gasteiger partial charge in [-0.15, -0.1) is 0 Å². The van der Waals surface area contributed by atoms with Gasteiger partial charge in [-0.25, -0.2) is 0 Å². The van der Waals surface area contributed by atoms with Gasteiger partial charge < -0.3 is 0 Å². The molecule has 16 heavy (non-hydrogen) atoms. The summed E-state index contributed by atoms with van der Waals surface area (Å²) in [4.78, 5) is 10.1. The standard InChI is InChI=1S/C13H17NO2/c1-2-3-4-5-6-7-12-8-10-13(11-9-12)14(15)16/h6-11H,2-5H2,1H3/b7-6-. The maximum Gasteiger partial charge on any atom is 0.269 e. The lowest BCUT2D eigenvalue weighted by molar-refractivity contribution is -0.384. The summed E-state index contributed by atoms with van der Waals surface area (Å²) in [6.07, 6.45) is 8.90. The summed E-state index contributed by atoms with van der Waals surface area (Å²) < 4.78 is 0. The number of rotatable bonds is 6. The molecular formula is C13H17NO2. The van der Waals surface area contributed by atoms with Gasteiger partial charge in [0.05, 0.1) is 4.92 Å². The number of non-ortho nitro benzene ring substituents is 1. The van der Waals surface area contributed by atoms with Gasteiger partial charge in [0.25, 0.3) is 5.69 Å². The second-order valence-electron chi connectivity index (χ2n) is 3.75. The molecule has 0 aliphatic rings. The molecule has 0 atom stereocenters. The van der Waals surface area contributed by atoms with Crippen molar-refractivity contribution in [1.82, 2.24) is 0 Å². The van der Waals surface area contributed by atoms with Crippen LogP contribution >= 0.6 is 0 Å². The van der Waals surface area contributed by atoms with Crippen molar-refractivity contribution < 1.29 is 4.92 Å². The number of benzene rings is 1. The van der Waals surface area contributed by atoms with Crippen LogP contribution in [0, 0.1) is 10.1 Å². The highest BCUT2D eigenvalue weighted by molar-refractivity contribution is 5.51. The van der Waals surface area contributed by atoms with Gasteiger partial charge in [0.2, 0.25) is 0 Å². The minimum Gasteiger partial charge on any atom is -0.258 e. The van der Waals surface area contributed by atoms with Crippen molar-refractivity contribution in [2.45, 2.75) is 32.6 Å². The molecule has 0 aromatic heterocycles. The number of allylic oxidation sites excluding steroid dienone is 1. The monoisotopic (exact) mass is 219 g/mol. The van der Waals surface area contributed by atoms with Crippen molar-refractivity contribution in [3.63, 3.8) is 0 Å². The summed E-state index contributed by atoms with van der Waals surface area (Å²) in [6.45, 7) is 2.18. The lowest BCUT2D eigenvalue weighted by atomic mass is 10.1. The van der Waals surface area contributed by atoms with E-state index >= 15 is 0 Å². The van der Waals surface area contributed by atoms with Crippen LogP contribution in [0.4, 0.5) is 5.69 Å². The highest BCUT2D eigenvalue weighted by Gasteiger charge is 2.01. The van der Waals surface area contributed by atoms with Crippen LogP contribution in [-0.4, -0.2) is 4.92 Å². The quantitative estimate of drug-likeness (QED) is 0.409. The van der Waals surface area contributed by atoms with Crippen LogP contribution < -0.4 is 0 Å². The zero-order valence-electron chi connectivity index (χ0n) is 9.56. The van der Waals surface area contributed by atoms with E-state index in [0.29, 0.717) is 0 Å². The van der Waals surface area contributed by atoms with Gasteiger partial charge in [-0.3, -0.25) is 10.1 Å². The molecule has 0 N–H and O–H groups in total. The Bertz CT molecular complexity index is 355. The van der Waals surface area contributed by atoms with Gasteiger partial charge in [-0.05, 0) is 30.5 Å². The van der Waals surface area contributed by atoms with Crippen LogP contribution in [0.15, 0.2) is 30.3 Å². The number of hydrogen-bond donors (Lipinski definition) is 0. The lowest BCUT2D eigenvalue weighted by Gasteiger charge is -1.94. The average molecular weight is 219 g/mol. The van der Waals surface area contributed by atoms with Crippen LogP contribution in [0.3, 0.4) is 0 Å². The van der Waals surface area contributed by atoms with Crippen molar-refractivity contribution in [2.24, 2.45) is 0 Å². The summed E-state index contributed by atoms with van der Waals surface area (Å²) in [7, 11) is 0. The fraction of sp³-hybridized carbons (Fsp3) is 0.385. The average Bonchev–Trinajstić information content (AvgIpc) is 2.29. The molecule has 0 spiro atoms. The van der Waals surface area contributed by atoms with Gasteiger partial charge in [-0.1, -0.05) is 31.9 Å². The van der Waals surface area contributed by atoms with Crippen molar-refractivity contribution in [3.05, 3.63) is 46.0 Å². The van der Waals surface area contributed by atoms with Gasteiger partial charge in [0, 0.05) is 12.1 Å². The van der Waals surface area contributed by atoms with Crippen LogP contribution in [0.2, 0.25) is 0 Å². The molecule has 86 valence electrons. The Morgan fingerprint density at radius 1 is 1.25 bits per heavy atom. The van der Waals surface area contributed by atoms with E-state index in [4.69, 9.17) is 0 Å². The molecule has 0 aliphatic carbocycles. The van der Waals surface area contributed by atoms with E-state index in [1.807, 2.05) is 6.08 Å². The smallest absolute Gasteiger partial charge is 0.258 e. The Morgan fingerprint density at radius 3 is 2.50 bits per heavy atom. The molecule has 1 aromatic rings. The summed E-state index contributed by atoms with van der Waals surface area (Å²) in [6, 6.07) is 6.61. The van der Waals surface area contributed by atoms with E-state index < -0.39 is 0 Å². The first-order chi connectivity index (χ1) is 7.74. The molecule has 1 rings (SSSR count). The molecule has 0 saturated heterocycles. The van der Waals surface area contributed by atoms with Gasteiger partial charge in [-0.2, -0.15) is 0 Å². The fourth-order valence-corrected chi connectivity index (χ4v) is 1.44. The second kappa shape index (κ2) is 6.77. The summed E-state index contributed by atoms with van der Waals surface area (Å²) in [5, 5.41) is 10.4. The van der Waals surface area contributed by atoms with Crippen LogP contribution in [-0.2, 0) is 0 Å². The van der Waals surface area contributed by atoms with Crippen molar-refractivity contribution >= 4 is 11.8 Å². The zero-order chi connectivity index (χ0) is 11.8. The van der Waals surface area contributed by atoms with Crippen molar-refractivity contribution in [2.75, 3.05) is 0 Å². The van der Waals surface area contributed by atoms with E-state index in [2.05, 4.69) is 13.0 Å². The fourth-order valence-electron chi connectivity index (χ4n) is 1.44. The minimum atomic E-state index is -0.380. The summed E-state index contributed by atoms with van der Waals surface area (Å²) >= 11 is 0. The SMILES string of the molecule is CCCCC/C=C\c1ccc([N+](=O)[O-])cc1. The molecule has 3 nitrogen and oxygen atoms in total. The third-order valence-electron chi connectivity index (χ3n) is 2.39. The van der Waals surface area contributed by atoms with E-state index in [-0.39, 0.29) is 10.6 Å². The Morgan fingerprint density at radius 2 is 1.94 bits per heavy atom. The largest absolute Gasteiger partial charge is 0.269 e. The maximum atomic E-state index is 10.4. The predicted molar refractivity (Wildman–Crippen MR) is 66.3 cm³/mol. The third-order valence-corrected chi connectivity index (χ3v) is 2.39. The normalized spacial score (nSPS) is 10.8. The first-order valence-electron chi connectivity index (χ1n) is 5.65. The Balaban J connectivity index is 2.45. The molecule has 0 unspecified atom stereocenters. The number of nitro groups is 1. The number of nitro benzene ring substituents is 1. The van der Waals surface area contributed by atoms with Crippen molar-refractivity contribution in [1.29, 1.82) is 0 Å². The molecule has 3 heteroatoms. The number of nitrogens with zero attached hydrogens (tertiary/aromatic N) is 1. The molecule has 0 fully saturated rings. The van der Waals surface area contributed by atoms with Crippen LogP contribution in [0.1, 0.15) is 38.2 Å². The van der Waals surface area contributed by atoms with Crippen LogP contribution in [0.25, 0.3) is 6.08 Å². The minimum absolute atomic E-state index is 0.142. The number of unbranched alkanes of at least 4 members (excludes halogenated alkanes) is 3. The highest BCUT2D eigenvalue weighted by atomic mass is 16.6. The molecule has 0 amide bonds. The third kappa shape index (κ3) is 4.26. The molecule has 0 bridgehead atoms. The van der Waals surface area contributed by atoms with E-state index in [1.165, 1.54) is 31.4 Å². The molecule has 0 heterocycles. The summed E-state index contributed by atoms with van der Waals surface area (Å²) in [5.41, 5.74) is 1.16. The van der Waals surface area contributed by atoms with Gasteiger partial charge in [0.1, 0.15) is 0 Å².